The molecular formula is C29H22ClF2N7O3. The zero-order chi connectivity index (χ0) is 30.0. The third kappa shape index (κ3) is 5.62. The van der Waals surface area contributed by atoms with E-state index in [9.17, 15) is 33.7 Å². The summed E-state index contributed by atoms with van der Waals surface area (Å²) in [5.41, 5.74) is 0.517. The molecule has 212 valence electrons. The second kappa shape index (κ2) is 11.5. The Morgan fingerprint density at radius 2 is 1.88 bits per heavy atom. The molecule has 2 atom stereocenters. The van der Waals surface area contributed by atoms with Gasteiger partial charge in [-0.1, -0.05) is 35.9 Å². The summed E-state index contributed by atoms with van der Waals surface area (Å²) in [7, 11) is 0. The van der Waals surface area contributed by atoms with Crippen molar-refractivity contribution in [2.24, 2.45) is 0 Å². The fourth-order valence-corrected chi connectivity index (χ4v) is 5.36. The second-order valence-corrected chi connectivity index (χ2v) is 10.3. The molecule has 2 heterocycles. The lowest BCUT2D eigenvalue weighted by molar-refractivity contribution is -0.133. The summed E-state index contributed by atoms with van der Waals surface area (Å²) in [5, 5.41) is 21.6. The van der Waals surface area contributed by atoms with Crippen LogP contribution in [0.3, 0.4) is 0 Å². The van der Waals surface area contributed by atoms with E-state index in [1.807, 2.05) is 12.1 Å². The number of nitriles is 2. The van der Waals surface area contributed by atoms with Gasteiger partial charge in [0.15, 0.2) is 0 Å². The predicted octanol–water partition coefficient (Wildman–Crippen LogP) is 4.06. The maximum Gasteiger partial charge on any atom is 0.252 e. The summed E-state index contributed by atoms with van der Waals surface area (Å²) in [5.74, 6) is -5.02. The Bertz CT molecular complexity index is 1650. The van der Waals surface area contributed by atoms with Crippen LogP contribution in [0.25, 0.3) is 0 Å². The fourth-order valence-electron chi connectivity index (χ4n) is 5.12. The normalized spacial score (nSPS) is 18.4. The first-order valence-electron chi connectivity index (χ1n) is 12.9. The van der Waals surface area contributed by atoms with Crippen molar-refractivity contribution in [3.05, 3.63) is 82.6 Å². The van der Waals surface area contributed by atoms with E-state index < -0.39 is 54.6 Å². The number of anilines is 2. The van der Waals surface area contributed by atoms with Crippen LogP contribution >= 0.6 is 11.6 Å². The highest BCUT2D eigenvalue weighted by Crippen LogP contribution is 2.39. The van der Waals surface area contributed by atoms with Crippen molar-refractivity contribution in [2.45, 2.75) is 49.7 Å². The molecule has 1 saturated carbocycles. The maximum atomic E-state index is 14.5. The molecule has 2 aromatic carbocycles. The number of rotatable bonds is 7. The number of hydrogen-bond acceptors (Lipinski definition) is 7. The minimum absolute atomic E-state index is 0.0184. The monoisotopic (exact) mass is 589 g/mol. The van der Waals surface area contributed by atoms with Gasteiger partial charge in [-0.05, 0) is 36.8 Å². The predicted molar refractivity (Wildman–Crippen MR) is 146 cm³/mol. The first kappa shape index (κ1) is 28.6. The Hall–Kier alpha value is -4.94. The van der Waals surface area contributed by atoms with E-state index in [1.54, 1.807) is 12.1 Å². The quantitative estimate of drug-likeness (QED) is 0.438. The molecule has 0 spiro atoms. The topological polar surface area (TPSA) is 143 Å². The molecule has 5 rings (SSSR count). The Kier molecular flexibility index (Phi) is 7.83. The zero-order valence-corrected chi connectivity index (χ0v) is 22.6. The molecule has 1 saturated heterocycles. The summed E-state index contributed by atoms with van der Waals surface area (Å²) < 4.78 is 27.2. The van der Waals surface area contributed by atoms with Gasteiger partial charge in [0, 0.05) is 47.8 Å². The number of alkyl halides is 2. The number of hydrogen-bond donors (Lipinski definition) is 1. The molecule has 0 radical (unpaired) electrons. The second-order valence-electron chi connectivity index (χ2n) is 9.94. The standard InChI is InChI=1S/C29H22ClF2N7O3/c30-22-7-2-1-6-21(22)25(26(41)36-19-13-29(31,32)14-19)38(20-5-3-4-17(12-20)15-33)27(42)23-8-9-24(40)39(23)28-35-11-10-18(16-34)37-28/h1-7,10-12,19,23,25H,8-9,13-14H2,(H,36,41)/t23-,25?/m0/s1. The molecule has 2 fully saturated rings. The van der Waals surface area contributed by atoms with Crippen LogP contribution < -0.4 is 15.1 Å². The average molecular weight is 590 g/mol. The van der Waals surface area contributed by atoms with Crippen LogP contribution in [0.1, 0.15) is 48.5 Å². The Morgan fingerprint density at radius 3 is 2.57 bits per heavy atom. The number of benzene rings is 2. The number of aromatic nitrogens is 2. The molecule has 1 aliphatic carbocycles. The summed E-state index contributed by atoms with van der Waals surface area (Å²) in [6, 6.07) is 14.0. The van der Waals surface area contributed by atoms with E-state index in [0.29, 0.717) is 0 Å². The van der Waals surface area contributed by atoms with E-state index in [-0.39, 0.29) is 46.3 Å². The van der Waals surface area contributed by atoms with Gasteiger partial charge in [-0.3, -0.25) is 24.2 Å². The molecule has 1 aromatic heterocycles. The lowest BCUT2D eigenvalue weighted by atomic mass is 9.87. The van der Waals surface area contributed by atoms with E-state index in [0.717, 1.165) is 9.80 Å². The first-order valence-corrected chi connectivity index (χ1v) is 13.3. The summed E-state index contributed by atoms with van der Waals surface area (Å²) >= 11 is 6.52. The third-order valence-corrected chi connectivity index (χ3v) is 7.45. The molecular weight excluding hydrogens is 568 g/mol. The van der Waals surface area contributed by atoms with Gasteiger partial charge >= 0.3 is 0 Å². The van der Waals surface area contributed by atoms with E-state index >= 15 is 0 Å². The summed E-state index contributed by atoms with van der Waals surface area (Å²) in [6.07, 6.45) is 0.184. The number of amides is 3. The molecule has 1 N–H and O–H groups in total. The van der Waals surface area contributed by atoms with Crippen LogP contribution in [0.4, 0.5) is 20.4 Å². The lowest BCUT2D eigenvalue weighted by Gasteiger charge is -2.39. The number of nitrogens with zero attached hydrogens (tertiary/aromatic N) is 6. The molecule has 0 bridgehead atoms. The first-order chi connectivity index (χ1) is 20.1. The van der Waals surface area contributed by atoms with E-state index in [1.165, 1.54) is 48.7 Å². The summed E-state index contributed by atoms with van der Waals surface area (Å²) in [6.45, 7) is 0. The highest BCUT2D eigenvalue weighted by molar-refractivity contribution is 6.31. The minimum atomic E-state index is -2.91. The lowest BCUT2D eigenvalue weighted by Crippen LogP contribution is -2.56. The molecule has 3 aromatic rings. The van der Waals surface area contributed by atoms with Crippen LogP contribution in [-0.2, 0) is 14.4 Å². The molecule has 1 aliphatic heterocycles. The molecule has 13 heteroatoms. The molecule has 3 amide bonds. The average Bonchev–Trinajstić information content (AvgIpc) is 3.36. The number of carbonyl (C=O) groups excluding carboxylic acids is 3. The number of halogens is 3. The van der Waals surface area contributed by atoms with Crippen LogP contribution in [0.5, 0.6) is 0 Å². The van der Waals surface area contributed by atoms with Gasteiger partial charge in [0.2, 0.25) is 17.8 Å². The van der Waals surface area contributed by atoms with Gasteiger partial charge in [-0.2, -0.15) is 10.5 Å². The molecule has 1 unspecified atom stereocenters. The van der Waals surface area contributed by atoms with Crippen molar-refractivity contribution < 1.29 is 23.2 Å². The van der Waals surface area contributed by atoms with Gasteiger partial charge in [-0.25, -0.2) is 18.7 Å². The Morgan fingerprint density at radius 1 is 1.12 bits per heavy atom. The highest BCUT2D eigenvalue weighted by Gasteiger charge is 2.48. The van der Waals surface area contributed by atoms with Gasteiger partial charge < -0.3 is 5.32 Å². The van der Waals surface area contributed by atoms with Gasteiger partial charge in [0.1, 0.15) is 23.8 Å². The van der Waals surface area contributed by atoms with Crippen LogP contribution in [0.2, 0.25) is 5.02 Å². The van der Waals surface area contributed by atoms with Crippen LogP contribution in [0, 0.1) is 22.7 Å². The van der Waals surface area contributed by atoms with Crippen molar-refractivity contribution >= 4 is 41.0 Å². The molecule has 42 heavy (non-hydrogen) atoms. The van der Waals surface area contributed by atoms with E-state index in [4.69, 9.17) is 11.6 Å². The largest absolute Gasteiger partial charge is 0.351 e. The Labute approximate surface area is 244 Å². The van der Waals surface area contributed by atoms with Crippen molar-refractivity contribution in [1.29, 1.82) is 10.5 Å². The summed E-state index contributed by atoms with van der Waals surface area (Å²) in [4.78, 5) is 51.8. The maximum absolute atomic E-state index is 14.5. The number of nitrogens with one attached hydrogen (secondary N) is 1. The fraction of sp³-hybridized carbons (Fsp3) is 0.276. The Balaban J connectivity index is 1.62. The van der Waals surface area contributed by atoms with Gasteiger partial charge in [-0.15, -0.1) is 0 Å². The van der Waals surface area contributed by atoms with E-state index in [2.05, 4.69) is 15.3 Å². The molecule has 10 nitrogen and oxygen atoms in total. The smallest absolute Gasteiger partial charge is 0.252 e. The van der Waals surface area contributed by atoms with Crippen LogP contribution in [0.15, 0.2) is 60.8 Å². The highest BCUT2D eigenvalue weighted by atomic mass is 35.5. The SMILES string of the molecule is N#Cc1cccc(N(C(=O)[C@@H]2CCC(=O)N2c2nccc(C#N)n2)C(C(=O)NC2CC(F)(F)C2)c2ccccc2Cl)c1. The van der Waals surface area contributed by atoms with Crippen molar-refractivity contribution in [1.82, 2.24) is 15.3 Å². The number of carbonyl (C=O) groups is 3. The zero-order valence-electron chi connectivity index (χ0n) is 21.9. The van der Waals surface area contributed by atoms with Crippen LogP contribution in [-0.4, -0.2) is 45.7 Å². The van der Waals surface area contributed by atoms with Crippen molar-refractivity contribution in [3.8, 4) is 12.1 Å². The van der Waals surface area contributed by atoms with Crippen molar-refractivity contribution in [3.63, 3.8) is 0 Å². The van der Waals surface area contributed by atoms with Crippen molar-refractivity contribution in [2.75, 3.05) is 9.80 Å². The molecule has 2 aliphatic rings. The van der Waals surface area contributed by atoms with Gasteiger partial charge in [0.25, 0.3) is 11.8 Å². The minimum Gasteiger partial charge on any atom is -0.351 e. The van der Waals surface area contributed by atoms with Gasteiger partial charge in [0.05, 0.1) is 11.6 Å². The third-order valence-electron chi connectivity index (χ3n) is 7.10.